The highest BCUT2D eigenvalue weighted by Gasteiger charge is 2.20. The number of hydrogen-bond donors (Lipinski definition) is 0. The first-order valence-corrected chi connectivity index (χ1v) is 8.36. The maximum atomic E-state index is 11.2. The molecular formula is C13H22N4O2S. The standard InChI is InChI=1S/C13H22N4O2S/c1-2-19-12(18)9-6-10-20-13-14-15-16-17(13)11-7-4-3-5-8-11/h11H,2-10H2,1H3. The van der Waals surface area contributed by atoms with Gasteiger partial charge >= 0.3 is 5.97 Å². The molecule has 0 unspecified atom stereocenters. The molecule has 1 aromatic rings. The van der Waals surface area contributed by atoms with E-state index in [0.29, 0.717) is 19.1 Å². The highest BCUT2D eigenvalue weighted by molar-refractivity contribution is 7.99. The fourth-order valence-electron chi connectivity index (χ4n) is 2.45. The number of tetrazole rings is 1. The van der Waals surface area contributed by atoms with Crippen LogP contribution in [0, 0.1) is 0 Å². The van der Waals surface area contributed by atoms with Crippen LogP contribution >= 0.6 is 11.8 Å². The van der Waals surface area contributed by atoms with Crippen molar-refractivity contribution in [1.29, 1.82) is 0 Å². The summed E-state index contributed by atoms with van der Waals surface area (Å²) in [5.41, 5.74) is 0. The Bertz CT molecular complexity index is 418. The van der Waals surface area contributed by atoms with Crippen molar-refractivity contribution in [1.82, 2.24) is 20.2 Å². The van der Waals surface area contributed by atoms with Gasteiger partial charge in [0.1, 0.15) is 0 Å². The van der Waals surface area contributed by atoms with Crippen molar-refractivity contribution in [3.05, 3.63) is 0 Å². The molecule has 0 aromatic carbocycles. The Hall–Kier alpha value is -1.11. The number of aromatic nitrogens is 4. The van der Waals surface area contributed by atoms with Crippen molar-refractivity contribution >= 4 is 17.7 Å². The highest BCUT2D eigenvalue weighted by Crippen LogP contribution is 2.30. The van der Waals surface area contributed by atoms with Gasteiger partial charge in [-0.15, -0.1) is 5.10 Å². The predicted molar refractivity (Wildman–Crippen MR) is 76.5 cm³/mol. The third-order valence-corrected chi connectivity index (χ3v) is 4.46. The van der Waals surface area contributed by atoms with E-state index in [4.69, 9.17) is 4.74 Å². The van der Waals surface area contributed by atoms with Gasteiger partial charge in [0, 0.05) is 12.2 Å². The van der Waals surface area contributed by atoms with Gasteiger partial charge in [-0.25, -0.2) is 4.68 Å². The molecule has 0 spiro atoms. The van der Waals surface area contributed by atoms with Crippen molar-refractivity contribution < 1.29 is 9.53 Å². The largest absolute Gasteiger partial charge is 0.466 e. The molecule has 112 valence electrons. The molecule has 1 aromatic heterocycles. The third-order valence-electron chi connectivity index (χ3n) is 3.44. The summed E-state index contributed by atoms with van der Waals surface area (Å²) in [7, 11) is 0. The van der Waals surface area contributed by atoms with Crippen LogP contribution in [-0.2, 0) is 9.53 Å². The minimum Gasteiger partial charge on any atom is -0.466 e. The normalized spacial score (nSPS) is 16.2. The number of nitrogens with zero attached hydrogens (tertiary/aromatic N) is 4. The van der Waals surface area contributed by atoms with Gasteiger partial charge in [-0.2, -0.15) is 0 Å². The van der Waals surface area contributed by atoms with Gasteiger partial charge < -0.3 is 4.74 Å². The second-order valence-electron chi connectivity index (χ2n) is 4.95. The minimum atomic E-state index is -0.125. The zero-order valence-corrected chi connectivity index (χ0v) is 12.8. The molecule has 20 heavy (non-hydrogen) atoms. The summed E-state index contributed by atoms with van der Waals surface area (Å²) in [6.07, 6.45) is 7.44. The van der Waals surface area contributed by atoms with Crippen LogP contribution in [0.25, 0.3) is 0 Å². The van der Waals surface area contributed by atoms with E-state index in [1.165, 1.54) is 32.1 Å². The average Bonchev–Trinajstić information content (AvgIpc) is 2.93. The first-order valence-electron chi connectivity index (χ1n) is 7.37. The Balaban J connectivity index is 1.76. The van der Waals surface area contributed by atoms with Crippen molar-refractivity contribution in [3.8, 4) is 0 Å². The second-order valence-corrected chi connectivity index (χ2v) is 6.02. The van der Waals surface area contributed by atoms with Crippen LogP contribution in [-0.4, -0.2) is 38.5 Å². The Morgan fingerprint density at radius 2 is 2.20 bits per heavy atom. The van der Waals surface area contributed by atoms with Crippen molar-refractivity contribution in [2.24, 2.45) is 0 Å². The molecule has 1 aliphatic rings. The number of esters is 1. The van der Waals surface area contributed by atoms with E-state index in [9.17, 15) is 4.79 Å². The first-order chi connectivity index (χ1) is 9.81. The molecule has 1 aliphatic carbocycles. The lowest BCUT2D eigenvalue weighted by Crippen LogP contribution is -2.15. The van der Waals surface area contributed by atoms with Crippen LogP contribution < -0.4 is 0 Å². The zero-order chi connectivity index (χ0) is 14.2. The summed E-state index contributed by atoms with van der Waals surface area (Å²) in [6.45, 7) is 2.27. The summed E-state index contributed by atoms with van der Waals surface area (Å²) < 4.78 is 6.87. The predicted octanol–water partition coefficient (Wildman–Crippen LogP) is 2.61. The summed E-state index contributed by atoms with van der Waals surface area (Å²) in [5, 5.41) is 12.9. The van der Waals surface area contributed by atoms with Gasteiger partial charge in [0.05, 0.1) is 12.6 Å². The fraction of sp³-hybridized carbons (Fsp3) is 0.846. The molecule has 7 heteroatoms. The molecule has 0 N–H and O–H groups in total. The summed E-state index contributed by atoms with van der Waals surface area (Å²) in [4.78, 5) is 11.2. The van der Waals surface area contributed by atoms with E-state index >= 15 is 0 Å². The number of hydrogen-bond acceptors (Lipinski definition) is 6. The molecule has 0 radical (unpaired) electrons. The zero-order valence-electron chi connectivity index (χ0n) is 12.0. The second kappa shape index (κ2) is 8.24. The van der Waals surface area contributed by atoms with Gasteiger partial charge in [0.15, 0.2) is 0 Å². The molecule has 1 heterocycles. The van der Waals surface area contributed by atoms with Crippen LogP contribution in [0.2, 0.25) is 0 Å². The molecule has 1 fully saturated rings. The average molecular weight is 298 g/mol. The van der Waals surface area contributed by atoms with Gasteiger partial charge in [0.2, 0.25) is 5.16 Å². The molecule has 0 aliphatic heterocycles. The number of thioether (sulfide) groups is 1. The smallest absolute Gasteiger partial charge is 0.305 e. The maximum absolute atomic E-state index is 11.2. The summed E-state index contributed by atoms with van der Waals surface area (Å²) in [6, 6.07) is 0.450. The molecule has 6 nitrogen and oxygen atoms in total. The van der Waals surface area contributed by atoms with E-state index in [1.54, 1.807) is 11.8 Å². The Labute approximate surface area is 123 Å². The molecule has 0 atom stereocenters. The molecule has 2 rings (SSSR count). The highest BCUT2D eigenvalue weighted by atomic mass is 32.2. The van der Waals surface area contributed by atoms with E-state index in [0.717, 1.165) is 17.3 Å². The summed E-state index contributed by atoms with van der Waals surface area (Å²) >= 11 is 1.63. The van der Waals surface area contributed by atoms with E-state index in [2.05, 4.69) is 15.5 Å². The lowest BCUT2D eigenvalue weighted by molar-refractivity contribution is -0.143. The third kappa shape index (κ3) is 4.47. The fourth-order valence-corrected chi connectivity index (χ4v) is 3.33. The van der Waals surface area contributed by atoms with Crippen LogP contribution in [0.3, 0.4) is 0 Å². The SMILES string of the molecule is CCOC(=O)CCCSc1nnnn1C1CCCCC1. The molecule has 0 amide bonds. The van der Waals surface area contributed by atoms with Gasteiger partial charge in [0.25, 0.3) is 0 Å². The summed E-state index contributed by atoms with van der Waals surface area (Å²) in [5.74, 6) is 0.714. The van der Waals surface area contributed by atoms with Crippen molar-refractivity contribution in [2.75, 3.05) is 12.4 Å². The topological polar surface area (TPSA) is 69.9 Å². The van der Waals surface area contributed by atoms with Crippen molar-refractivity contribution in [3.63, 3.8) is 0 Å². The van der Waals surface area contributed by atoms with Crippen LogP contribution in [0.4, 0.5) is 0 Å². The number of carbonyl (C=O) groups excluding carboxylic acids is 1. The van der Waals surface area contributed by atoms with E-state index in [1.807, 2.05) is 11.6 Å². The Morgan fingerprint density at radius 1 is 1.40 bits per heavy atom. The quantitative estimate of drug-likeness (QED) is 0.438. The first kappa shape index (κ1) is 15.3. The molecule has 1 saturated carbocycles. The van der Waals surface area contributed by atoms with Gasteiger partial charge in [-0.05, 0) is 36.6 Å². The Kier molecular flexibility index (Phi) is 6.29. The Morgan fingerprint density at radius 3 is 2.95 bits per heavy atom. The van der Waals surface area contributed by atoms with E-state index < -0.39 is 0 Å². The van der Waals surface area contributed by atoms with Gasteiger partial charge in [-0.1, -0.05) is 31.0 Å². The monoisotopic (exact) mass is 298 g/mol. The number of rotatable bonds is 7. The lowest BCUT2D eigenvalue weighted by Gasteiger charge is -2.21. The van der Waals surface area contributed by atoms with Gasteiger partial charge in [-0.3, -0.25) is 4.79 Å². The van der Waals surface area contributed by atoms with Crippen LogP contribution in [0.1, 0.15) is 57.9 Å². The number of ether oxygens (including phenoxy) is 1. The molecule has 0 saturated heterocycles. The molecule has 0 bridgehead atoms. The number of carbonyl (C=O) groups is 1. The maximum Gasteiger partial charge on any atom is 0.305 e. The lowest BCUT2D eigenvalue weighted by atomic mass is 9.96. The van der Waals surface area contributed by atoms with E-state index in [-0.39, 0.29) is 5.97 Å². The van der Waals surface area contributed by atoms with Crippen molar-refractivity contribution in [2.45, 2.75) is 63.1 Å². The molecular weight excluding hydrogens is 276 g/mol. The van der Waals surface area contributed by atoms with Crippen LogP contribution in [0.15, 0.2) is 5.16 Å². The minimum absolute atomic E-state index is 0.125. The van der Waals surface area contributed by atoms with Crippen LogP contribution in [0.5, 0.6) is 0 Å².